The Bertz CT molecular complexity index is 1460. The van der Waals surface area contributed by atoms with Gasteiger partial charge in [0.1, 0.15) is 5.52 Å². The Morgan fingerprint density at radius 2 is 2.08 bits per heavy atom. The average Bonchev–Trinajstić information content (AvgIpc) is 3.48. The molecule has 4 heterocycles. The SMILES string of the molecule is Cc1nc2c(ccc3ncc(Cl)c(CN[C@H]4CC[C@@H](CNCc5cnc6c(n5)NC(=O)CO6)C4)c32)o1. The van der Waals surface area contributed by atoms with E-state index in [1.165, 1.54) is 0 Å². The number of rotatable bonds is 7. The zero-order chi connectivity index (χ0) is 24.6. The number of carbonyl (C=O) groups is 1. The van der Waals surface area contributed by atoms with Gasteiger partial charge in [0, 0.05) is 37.6 Å². The Morgan fingerprint density at radius 3 is 3.00 bits per heavy atom. The number of nitrogens with one attached hydrogen (secondary N) is 3. The van der Waals surface area contributed by atoms with Gasteiger partial charge in [-0.2, -0.15) is 0 Å². The van der Waals surface area contributed by atoms with Crippen molar-refractivity contribution in [2.75, 3.05) is 18.5 Å². The molecule has 36 heavy (non-hydrogen) atoms. The molecule has 4 aromatic rings. The number of halogens is 1. The molecule has 2 atom stereocenters. The minimum absolute atomic E-state index is 0.0238. The number of hydrogen-bond donors (Lipinski definition) is 3. The van der Waals surface area contributed by atoms with Crippen molar-refractivity contribution in [2.24, 2.45) is 5.92 Å². The molecule has 0 bridgehead atoms. The smallest absolute Gasteiger partial charge is 0.263 e. The maximum atomic E-state index is 11.5. The Labute approximate surface area is 212 Å². The van der Waals surface area contributed by atoms with E-state index in [-0.39, 0.29) is 12.5 Å². The average molecular weight is 508 g/mol. The van der Waals surface area contributed by atoms with Crippen molar-refractivity contribution in [2.45, 2.75) is 45.3 Å². The predicted octanol–water partition coefficient (Wildman–Crippen LogP) is 3.51. The fraction of sp³-hybridized carbons (Fsp3) is 0.400. The van der Waals surface area contributed by atoms with Crippen LogP contribution in [0, 0.1) is 12.8 Å². The molecule has 1 saturated carbocycles. The van der Waals surface area contributed by atoms with Crippen molar-refractivity contribution in [3.63, 3.8) is 0 Å². The normalized spacial score (nSPS) is 19.4. The highest BCUT2D eigenvalue weighted by Gasteiger charge is 2.25. The van der Waals surface area contributed by atoms with Gasteiger partial charge >= 0.3 is 0 Å². The topological polar surface area (TPSA) is 127 Å². The van der Waals surface area contributed by atoms with Gasteiger partial charge in [-0.1, -0.05) is 11.6 Å². The lowest BCUT2D eigenvalue weighted by Crippen LogP contribution is -2.28. The molecule has 1 aliphatic carbocycles. The van der Waals surface area contributed by atoms with E-state index in [9.17, 15) is 4.79 Å². The molecule has 2 aliphatic rings. The molecule has 11 heteroatoms. The monoisotopic (exact) mass is 507 g/mol. The van der Waals surface area contributed by atoms with Gasteiger partial charge < -0.3 is 25.1 Å². The van der Waals surface area contributed by atoms with E-state index in [4.69, 9.17) is 20.8 Å². The van der Waals surface area contributed by atoms with Crippen molar-refractivity contribution >= 4 is 45.3 Å². The van der Waals surface area contributed by atoms with Crippen LogP contribution in [0.1, 0.15) is 36.4 Å². The minimum atomic E-state index is -0.215. The predicted molar refractivity (Wildman–Crippen MR) is 135 cm³/mol. The zero-order valence-electron chi connectivity index (χ0n) is 19.8. The van der Waals surface area contributed by atoms with Crippen molar-refractivity contribution in [3.8, 4) is 5.88 Å². The van der Waals surface area contributed by atoms with Crippen molar-refractivity contribution in [1.29, 1.82) is 0 Å². The molecule has 10 nitrogen and oxygen atoms in total. The number of aromatic nitrogens is 4. The van der Waals surface area contributed by atoms with Gasteiger partial charge in [-0.05, 0) is 49.4 Å². The number of amides is 1. The van der Waals surface area contributed by atoms with Crippen LogP contribution in [-0.2, 0) is 17.9 Å². The lowest BCUT2D eigenvalue weighted by Gasteiger charge is -2.17. The third-order valence-corrected chi connectivity index (χ3v) is 7.11. The third kappa shape index (κ3) is 4.59. The Morgan fingerprint density at radius 1 is 1.17 bits per heavy atom. The summed E-state index contributed by atoms with van der Waals surface area (Å²) in [5.74, 6) is 1.72. The second-order valence-corrected chi connectivity index (χ2v) is 9.77. The van der Waals surface area contributed by atoms with Crippen LogP contribution in [-0.4, -0.2) is 45.0 Å². The van der Waals surface area contributed by atoms with Gasteiger partial charge in [0.15, 0.2) is 23.9 Å². The summed E-state index contributed by atoms with van der Waals surface area (Å²) in [5.41, 5.74) is 4.18. The number of anilines is 1. The van der Waals surface area contributed by atoms with E-state index in [0.29, 0.717) is 47.7 Å². The van der Waals surface area contributed by atoms with Crippen LogP contribution >= 0.6 is 11.6 Å². The maximum absolute atomic E-state index is 11.5. The molecular formula is C25H26ClN7O3. The number of pyridine rings is 1. The summed E-state index contributed by atoms with van der Waals surface area (Å²) in [6.45, 7) is 3.93. The van der Waals surface area contributed by atoms with Gasteiger partial charge in [-0.3, -0.25) is 9.78 Å². The van der Waals surface area contributed by atoms with E-state index in [1.807, 2.05) is 19.1 Å². The molecule has 1 aromatic carbocycles. The fourth-order valence-electron chi connectivity index (χ4n) is 5.08. The highest BCUT2D eigenvalue weighted by molar-refractivity contribution is 6.32. The molecule has 1 fully saturated rings. The number of carbonyl (C=O) groups excluding carboxylic acids is 1. The lowest BCUT2D eigenvalue weighted by molar-refractivity contribution is -0.118. The van der Waals surface area contributed by atoms with E-state index in [1.54, 1.807) is 12.4 Å². The summed E-state index contributed by atoms with van der Waals surface area (Å²) in [6.07, 6.45) is 6.71. The molecular weight excluding hydrogens is 482 g/mol. The summed E-state index contributed by atoms with van der Waals surface area (Å²) >= 11 is 6.59. The molecule has 1 aliphatic heterocycles. The number of nitrogens with zero attached hydrogens (tertiary/aromatic N) is 4. The van der Waals surface area contributed by atoms with Crippen molar-refractivity contribution in [3.05, 3.63) is 46.7 Å². The summed E-state index contributed by atoms with van der Waals surface area (Å²) in [4.78, 5) is 29.3. The van der Waals surface area contributed by atoms with Gasteiger partial charge in [0.25, 0.3) is 11.8 Å². The molecule has 1 amide bonds. The van der Waals surface area contributed by atoms with Crippen LogP contribution in [0.2, 0.25) is 5.02 Å². The summed E-state index contributed by atoms with van der Waals surface area (Å²) in [5, 5.41) is 11.5. The zero-order valence-corrected chi connectivity index (χ0v) is 20.6. The highest BCUT2D eigenvalue weighted by Crippen LogP contribution is 2.32. The number of benzene rings is 1. The first-order chi connectivity index (χ1) is 17.5. The summed E-state index contributed by atoms with van der Waals surface area (Å²) < 4.78 is 11.0. The second-order valence-electron chi connectivity index (χ2n) is 9.36. The van der Waals surface area contributed by atoms with Crippen LogP contribution < -0.4 is 20.7 Å². The van der Waals surface area contributed by atoms with Crippen LogP contribution in [0.15, 0.2) is 28.9 Å². The first kappa shape index (κ1) is 23.1. The van der Waals surface area contributed by atoms with Gasteiger partial charge in [-0.25, -0.2) is 15.0 Å². The minimum Gasteiger partial charge on any atom is -0.465 e. The number of fused-ring (bicyclic) bond motifs is 4. The first-order valence-corrected chi connectivity index (χ1v) is 12.5. The molecule has 0 saturated heterocycles. The van der Waals surface area contributed by atoms with Crippen molar-refractivity contribution < 1.29 is 13.9 Å². The van der Waals surface area contributed by atoms with Crippen LogP contribution in [0.3, 0.4) is 0 Å². The fourth-order valence-corrected chi connectivity index (χ4v) is 5.29. The van der Waals surface area contributed by atoms with E-state index in [2.05, 4.69) is 35.9 Å². The Hall–Kier alpha value is -3.34. The highest BCUT2D eigenvalue weighted by atomic mass is 35.5. The lowest BCUT2D eigenvalue weighted by atomic mass is 10.1. The summed E-state index contributed by atoms with van der Waals surface area (Å²) in [6, 6.07) is 4.27. The number of ether oxygens (including phenoxy) is 1. The summed E-state index contributed by atoms with van der Waals surface area (Å²) in [7, 11) is 0. The molecule has 3 N–H and O–H groups in total. The molecule has 0 radical (unpaired) electrons. The first-order valence-electron chi connectivity index (χ1n) is 12.1. The molecule has 6 rings (SSSR count). The van der Waals surface area contributed by atoms with Crippen LogP contribution in [0.4, 0.5) is 5.82 Å². The van der Waals surface area contributed by atoms with E-state index >= 15 is 0 Å². The van der Waals surface area contributed by atoms with Crippen LogP contribution in [0.5, 0.6) is 5.88 Å². The number of hydrogen-bond acceptors (Lipinski definition) is 9. The molecule has 186 valence electrons. The largest absolute Gasteiger partial charge is 0.465 e. The quantitative estimate of drug-likeness (QED) is 0.344. The molecule has 0 unspecified atom stereocenters. The van der Waals surface area contributed by atoms with Gasteiger partial charge in [0.05, 0.1) is 22.4 Å². The van der Waals surface area contributed by atoms with Gasteiger partial charge in [-0.15, -0.1) is 0 Å². The number of aryl methyl sites for hydroxylation is 1. The number of oxazole rings is 1. The molecule has 3 aromatic heterocycles. The second kappa shape index (κ2) is 9.61. The Balaban J connectivity index is 1.05. The van der Waals surface area contributed by atoms with Crippen molar-refractivity contribution in [1.82, 2.24) is 30.6 Å². The standard InChI is InChI=1S/C25H26ClN7O3/c1-13-31-23-20(36-13)5-4-19-22(23)17(18(26)11-29-19)10-28-15-3-2-14(6-15)7-27-8-16-9-30-25-24(32-16)33-21(34)12-35-25/h4-5,9,11,14-15,27-28H,2-3,6-8,10,12H2,1H3,(H,32,33,34)/t14-,15+/m1/s1. The van der Waals surface area contributed by atoms with E-state index < -0.39 is 0 Å². The maximum Gasteiger partial charge on any atom is 0.263 e. The third-order valence-electron chi connectivity index (χ3n) is 6.79. The van der Waals surface area contributed by atoms with Crippen LogP contribution in [0.25, 0.3) is 22.0 Å². The van der Waals surface area contributed by atoms with E-state index in [0.717, 1.165) is 59.1 Å². The van der Waals surface area contributed by atoms with Gasteiger partial charge in [0.2, 0.25) is 0 Å². The molecule has 0 spiro atoms. The Kier molecular flexibility index (Phi) is 6.16.